The summed E-state index contributed by atoms with van der Waals surface area (Å²) in [5.74, 6) is 1.18. The molecule has 6 heteroatoms. The number of phenols is 1. The largest absolute Gasteiger partial charge is 0.508 e. The van der Waals surface area contributed by atoms with Gasteiger partial charge in [0.1, 0.15) is 11.5 Å². The van der Waals surface area contributed by atoms with E-state index in [1.807, 2.05) is 61.2 Å². The van der Waals surface area contributed by atoms with Gasteiger partial charge in [0.2, 0.25) is 0 Å². The second kappa shape index (κ2) is 12.5. The van der Waals surface area contributed by atoms with Gasteiger partial charge in [-0.2, -0.15) is 0 Å². The third kappa shape index (κ3) is 6.20. The molecule has 6 nitrogen and oxygen atoms in total. The van der Waals surface area contributed by atoms with Crippen molar-refractivity contribution in [3.05, 3.63) is 95.1 Å². The lowest BCUT2D eigenvalue weighted by Crippen LogP contribution is -2.56. The lowest BCUT2D eigenvalue weighted by molar-refractivity contribution is 0.0194. The first-order valence-corrected chi connectivity index (χ1v) is 13.6. The van der Waals surface area contributed by atoms with E-state index in [0.717, 1.165) is 36.5 Å². The summed E-state index contributed by atoms with van der Waals surface area (Å²) in [6.07, 6.45) is 0. The molecule has 0 radical (unpaired) electrons. The number of carbonyl (C=O) groups excluding carboxylic acids is 1. The first-order valence-electron chi connectivity index (χ1n) is 13.6. The predicted octanol–water partition coefficient (Wildman–Crippen LogP) is 5.57. The van der Waals surface area contributed by atoms with Crippen LogP contribution in [0.15, 0.2) is 72.8 Å². The molecule has 0 spiro atoms. The second-order valence-corrected chi connectivity index (χ2v) is 10.3. The monoisotopic (exact) mass is 515 g/mol. The van der Waals surface area contributed by atoms with Gasteiger partial charge in [-0.05, 0) is 80.8 Å². The Balaban J connectivity index is 1.64. The van der Waals surface area contributed by atoms with E-state index < -0.39 is 0 Å². The summed E-state index contributed by atoms with van der Waals surface area (Å²) in [6, 6.07) is 24.3. The summed E-state index contributed by atoms with van der Waals surface area (Å²) < 4.78 is 5.43. The Kier molecular flexibility index (Phi) is 9.08. The second-order valence-electron chi connectivity index (χ2n) is 10.3. The summed E-state index contributed by atoms with van der Waals surface area (Å²) >= 11 is 0. The minimum absolute atomic E-state index is 0.0519. The fourth-order valence-electron chi connectivity index (χ4n) is 5.62. The first kappa shape index (κ1) is 27.7. The Morgan fingerprint density at radius 2 is 1.63 bits per heavy atom. The number of nitrogens with zero attached hydrogens (tertiary/aromatic N) is 3. The zero-order valence-corrected chi connectivity index (χ0v) is 23.3. The molecule has 0 aliphatic carbocycles. The number of aromatic hydroxyl groups is 1. The van der Waals surface area contributed by atoms with Gasteiger partial charge in [-0.1, -0.05) is 36.4 Å². The molecule has 1 N–H and O–H groups in total. The van der Waals surface area contributed by atoms with Crippen LogP contribution in [-0.4, -0.2) is 71.1 Å². The number of carbonyl (C=O) groups is 1. The van der Waals surface area contributed by atoms with E-state index in [-0.39, 0.29) is 23.7 Å². The topological polar surface area (TPSA) is 56.3 Å². The van der Waals surface area contributed by atoms with Crippen LogP contribution in [0.4, 0.5) is 0 Å². The zero-order valence-electron chi connectivity index (χ0n) is 23.3. The molecule has 0 aromatic heterocycles. The minimum Gasteiger partial charge on any atom is -0.508 e. The fraction of sp³-hybridized carbons (Fsp3) is 0.406. The molecule has 0 bridgehead atoms. The molecule has 1 fully saturated rings. The molecule has 1 aliphatic rings. The van der Waals surface area contributed by atoms with Crippen LogP contribution >= 0.6 is 0 Å². The Morgan fingerprint density at radius 1 is 0.947 bits per heavy atom. The van der Waals surface area contributed by atoms with Crippen molar-refractivity contribution in [1.29, 1.82) is 0 Å². The number of methoxy groups -OCH3 is 1. The molecule has 1 heterocycles. The van der Waals surface area contributed by atoms with Crippen LogP contribution in [0.2, 0.25) is 0 Å². The summed E-state index contributed by atoms with van der Waals surface area (Å²) in [5.41, 5.74) is 4.03. The van der Waals surface area contributed by atoms with E-state index in [1.54, 1.807) is 13.2 Å². The van der Waals surface area contributed by atoms with Crippen molar-refractivity contribution < 1.29 is 14.6 Å². The van der Waals surface area contributed by atoms with Gasteiger partial charge in [-0.15, -0.1) is 0 Å². The molecule has 1 unspecified atom stereocenters. The highest BCUT2D eigenvalue weighted by molar-refractivity contribution is 5.94. The van der Waals surface area contributed by atoms with Crippen molar-refractivity contribution in [2.45, 2.75) is 52.4 Å². The van der Waals surface area contributed by atoms with E-state index in [4.69, 9.17) is 4.74 Å². The average molecular weight is 516 g/mol. The number of piperazine rings is 1. The van der Waals surface area contributed by atoms with Crippen molar-refractivity contribution in [2.24, 2.45) is 0 Å². The van der Waals surface area contributed by atoms with Crippen LogP contribution < -0.4 is 4.74 Å². The van der Waals surface area contributed by atoms with Crippen LogP contribution in [0, 0.1) is 0 Å². The number of rotatable bonds is 9. The van der Waals surface area contributed by atoms with Gasteiger partial charge in [-0.3, -0.25) is 14.6 Å². The summed E-state index contributed by atoms with van der Waals surface area (Å²) in [6.45, 7) is 12.6. The number of hydrogen-bond donors (Lipinski definition) is 1. The van der Waals surface area contributed by atoms with Gasteiger partial charge in [0, 0.05) is 50.4 Å². The molecule has 4 rings (SSSR count). The van der Waals surface area contributed by atoms with Gasteiger partial charge in [0.25, 0.3) is 5.91 Å². The summed E-state index contributed by atoms with van der Waals surface area (Å²) in [5, 5.41) is 10.4. The van der Waals surface area contributed by atoms with Crippen LogP contribution in [0.5, 0.6) is 11.5 Å². The van der Waals surface area contributed by atoms with Gasteiger partial charge >= 0.3 is 0 Å². The molecular weight excluding hydrogens is 474 g/mol. The van der Waals surface area contributed by atoms with Crippen molar-refractivity contribution in [3.8, 4) is 11.5 Å². The van der Waals surface area contributed by atoms with Crippen LogP contribution in [-0.2, 0) is 6.54 Å². The lowest BCUT2D eigenvalue weighted by Gasteiger charge is -2.47. The third-order valence-corrected chi connectivity index (χ3v) is 7.70. The maximum Gasteiger partial charge on any atom is 0.253 e. The summed E-state index contributed by atoms with van der Waals surface area (Å²) in [7, 11) is 1.70. The zero-order chi connectivity index (χ0) is 27.2. The van der Waals surface area contributed by atoms with Crippen LogP contribution in [0.25, 0.3) is 0 Å². The van der Waals surface area contributed by atoms with Crippen LogP contribution in [0.3, 0.4) is 0 Å². The molecule has 1 amide bonds. The van der Waals surface area contributed by atoms with Crippen molar-refractivity contribution >= 4 is 5.91 Å². The highest BCUT2D eigenvalue weighted by atomic mass is 16.5. The smallest absolute Gasteiger partial charge is 0.253 e. The van der Waals surface area contributed by atoms with Crippen LogP contribution in [0.1, 0.15) is 60.8 Å². The van der Waals surface area contributed by atoms with E-state index in [9.17, 15) is 9.90 Å². The fourth-order valence-corrected chi connectivity index (χ4v) is 5.62. The van der Waals surface area contributed by atoms with Gasteiger partial charge in [-0.25, -0.2) is 0 Å². The molecule has 202 valence electrons. The quantitative estimate of drug-likeness (QED) is 0.404. The van der Waals surface area contributed by atoms with Gasteiger partial charge in [0.15, 0.2) is 0 Å². The molecule has 1 saturated heterocycles. The Labute approximate surface area is 227 Å². The van der Waals surface area contributed by atoms with Crippen molar-refractivity contribution in [2.75, 3.05) is 33.3 Å². The Hall–Kier alpha value is -3.35. The first-order chi connectivity index (χ1) is 18.3. The number of hydrogen-bond acceptors (Lipinski definition) is 5. The maximum atomic E-state index is 13.2. The van der Waals surface area contributed by atoms with Crippen molar-refractivity contribution in [1.82, 2.24) is 14.7 Å². The van der Waals surface area contributed by atoms with Gasteiger partial charge < -0.3 is 14.7 Å². The Morgan fingerprint density at radius 3 is 2.32 bits per heavy atom. The van der Waals surface area contributed by atoms with E-state index >= 15 is 0 Å². The lowest BCUT2D eigenvalue weighted by atomic mass is 9.92. The number of phenolic OH excluding ortho intramolecular Hbond substituents is 1. The molecular formula is C32H41N3O3. The average Bonchev–Trinajstić information content (AvgIpc) is 2.92. The van der Waals surface area contributed by atoms with E-state index in [1.165, 1.54) is 5.56 Å². The molecule has 1 aliphatic heterocycles. The highest BCUT2D eigenvalue weighted by Crippen LogP contribution is 2.35. The molecule has 0 saturated carbocycles. The molecule has 3 aromatic carbocycles. The highest BCUT2D eigenvalue weighted by Gasteiger charge is 2.35. The summed E-state index contributed by atoms with van der Waals surface area (Å²) in [4.78, 5) is 20.1. The Bertz CT molecular complexity index is 1230. The normalized spacial score (nSPS) is 19.2. The third-order valence-electron chi connectivity index (χ3n) is 7.70. The molecule has 3 atom stereocenters. The predicted molar refractivity (Wildman–Crippen MR) is 153 cm³/mol. The number of amides is 1. The molecule has 38 heavy (non-hydrogen) atoms. The number of benzene rings is 3. The standard InChI is InChI=1S/C32H41N3O3/c1-6-33(7-2)32(37)28-14-9-12-26(18-28)31(27-13-10-15-29(36)19-27)35-21-23(3)34(20-24(35)4)22-25-11-8-16-30(17-25)38-5/h8-19,23-24,31,36H,6-7,20-22H2,1-5H3/t23-,24+,31?/m1/s1. The van der Waals surface area contributed by atoms with Crippen molar-refractivity contribution in [3.63, 3.8) is 0 Å². The van der Waals surface area contributed by atoms with E-state index in [2.05, 4.69) is 47.9 Å². The SMILES string of the molecule is CCN(CC)C(=O)c1cccc(C(c2cccc(O)c2)N2C[C@@H](C)N(Cc3cccc(OC)c3)C[C@@H]2C)c1. The maximum absolute atomic E-state index is 13.2. The number of ether oxygens (including phenoxy) is 1. The minimum atomic E-state index is -0.0806. The molecule has 3 aromatic rings. The van der Waals surface area contributed by atoms with E-state index in [0.29, 0.717) is 24.7 Å². The van der Waals surface area contributed by atoms with Gasteiger partial charge in [0.05, 0.1) is 13.2 Å².